The van der Waals surface area contributed by atoms with Crippen molar-refractivity contribution in [3.63, 3.8) is 0 Å². The van der Waals surface area contributed by atoms with Crippen LogP contribution in [0.4, 0.5) is 5.69 Å². The van der Waals surface area contributed by atoms with Crippen molar-refractivity contribution >= 4 is 5.69 Å². The molecule has 24 heavy (non-hydrogen) atoms. The highest BCUT2D eigenvalue weighted by Crippen LogP contribution is 2.17. The lowest BCUT2D eigenvalue weighted by atomic mass is 10.1. The highest BCUT2D eigenvalue weighted by atomic mass is 16.5. The van der Waals surface area contributed by atoms with Gasteiger partial charge in [0.2, 0.25) is 0 Å². The molecule has 0 fully saturated rings. The molecule has 0 saturated heterocycles. The minimum absolute atomic E-state index is 0.602. The lowest BCUT2D eigenvalue weighted by molar-refractivity contribution is 0.306. The predicted octanol–water partition coefficient (Wildman–Crippen LogP) is 5.31. The molecule has 0 aromatic heterocycles. The molecule has 122 valence electrons. The average Bonchev–Trinajstić information content (AvgIpc) is 2.66. The van der Waals surface area contributed by atoms with Gasteiger partial charge < -0.3 is 10.1 Å². The molecule has 3 aromatic rings. The van der Waals surface area contributed by atoms with Crippen molar-refractivity contribution in [2.75, 3.05) is 11.9 Å². The molecule has 0 heterocycles. The number of nitrogens with one attached hydrogen (secondary N) is 1. The summed E-state index contributed by atoms with van der Waals surface area (Å²) in [4.78, 5) is 0. The lowest BCUT2D eigenvalue weighted by Gasteiger charge is -2.09. The van der Waals surface area contributed by atoms with Gasteiger partial charge in [-0.1, -0.05) is 60.7 Å². The van der Waals surface area contributed by atoms with Gasteiger partial charge in [0.25, 0.3) is 0 Å². The fourth-order valence-corrected chi connectivity index (χ4v) is 2.58. The molecule has 3 rings (SSSR count). The minimum atomic E-state index is 0.602. The summed E-state index contributed by atoms with van der Waals surface area (Å²) in [6, 6.07) is 29.0. The van der Waals surface area contributed by atoms with E-state index in [0.29, 0.717) is 6.61 Å². The Hall–Kier alpha value is -2.74. The molecular formula is C22H23NO. The largest absolute Gasteiger partial charge is 0.489 e. The van der Waals surface area contributed by atoms with Crippen LogP contribution in [0, 0.1) is 0 Å². The van der Waals surface area contributed by atoms with E-state index in [1.54, 1.807) is 0 Å². The molecule has 0 amide bonds. The number of rotatable bonds is 8. The second-order valence-electron chi connectivity index (χ2n) is 5.81. The second-order valence-corrected chi connectivity index (χ2v) is 5.81. The van der Waals surface area contributed by atoms with Gasteiger partial charge in [-0.25, -0.2) is 0 Å². The van der Waals surface area contributed by atoms with Gasteiger partial charge in [0.05, 0.1) is 0 Å². The number of anilines is 1. The number of benzene rings is 3. The number of aryl methyl sites for hydroxylation is 1. The van der Waals surface area contributed by atoms with Gasteiger partial charge in [-0.05, 0) is 48.2 Å². The fourth-order valence-electron chi connectivity index (χ4n) is 2.58. The van der Waals surface area contributed by atoms with Gasteiger partial charge in [0.1, 0.15) is 12.4 Å². The van der Waals surface area contributed by atoms with Crippen molar-refractivity contribution in [1.82, 2.24) is 0 Å². The van der Waals surface area contributed by atoms with Crippen LogP contribution < -0.4 is 10.1 Å². The smallest absolute Gasteiger partial charge is 0.119 e. The minimum Gasteiger partial charge on any atom is -0.489 e. The topological polar surface area (TPSA) is 21.3 Å². The van der Waals surface area contributed by atoms with Crippen LogP contribution in [-0.2, 0) is 13.0 Å². The zero-order valence-electron chi connectivity index (χ0n) is 13.8. The maximum absolute atomic E-state index is 5.80. The molecule has 0 bridgehead atoms. The monoisotopic (exact) mass is 317 g/mol. The molecule has 2 nitrogen and oxygen atoms in total. The normalized spacial score (nSPS) is 10.3. The Bertz CT molecular complexity index is 708. The van der Waals surface area contributed by atoms with Gasteiger partial charge in [0, 0.05) is 12.2 Å². The van der Waals surface area contributed by atoms with Crippen LogP contribution in [0.15, 0.2) is 84.9 Å². The van der Waals surface area contributed by atoms with E-state index < -0.39 is 0 Å². The highest BCUT2D eigenvalue weighted by Gasteiger charge is 1.97. The van der Waals surface area contributed by atoms with Crippen LogP contribution in [0.3, 0.4) is 0 Å². The molecule has 1 N–H and O–H groups in total. The predicted molar refractivity (Wildman–Crippen MR) is 100 cm³/mol. The molecule has 0 aliphatic carbocycles. The van der Waals surface area contributed by atoms with E-state index in [1.165, 1.54) is 11.1 Å². The summed E-state index contributed by atoms with van der Waals surface area (Å²) in [6.07, 6.45) is 2.22. The van der Waals surface area contributed by atoms with Crippen molar-refractivity contribution in [3.05, 3.63) is 96.1 Å². The highest BCUT2D eigenvalue weighted by molar-refractivity contribution is 5.46. The molecule has 0 atom stereocenters. The third kappa shape index (κ3) is 5.17. The van der Waals surface area contributed by atoms with Gasteiger partial charge in [-0.3, -0.25) is 0 Å². The van der Waals surface area contributed by atoms with Crippen LogP contribution in [0.5, 0.6) is 5.75 Å². The van der Waals surface area contributed by atoms with E-state index in [2.05, 4.69) is 59.9 Å². The Morgan fingerprint density at radius 1 is 0.667 bits per heavy atom. The third-order valence-electron chi connectivity index (χ3n) is 3.92. The number of hydrogen-bond acceptors (Lipinski definition) is 2. The van der Waals surface area contributed by atoms with Crippen molar-refractivity contribution in [3.8, 4) is 5.75 Å². The Balaban J connectivity index is 1.40. The summed E-state index contributed by atoms with van der Waals surface area (Å²) in [6.45, 7) is 1.57. The van der Waals surface area contributed by atoms with E-state index in [1.807, 2.05) is 30.3 Å². The molecule has 0 aliphatic heterocycles. The SMILES string of the molecule is c1ccc(CCCNc2ccc(OCc3ccccc3)cc2)cc1. The standard InChI is InChI=1S/C22H23NO/c1-3-8-19(9-4-1)12-7-17-23-21-13-15-22(16-14-21)24-18-20-10-5-2-6-11-20/h1-6,8-11,13-16,23H,7,12,17-18H2. The van der Waals surface area contributed by atoms with Gasteiger partial charge in [-0.2, -0.15) is 0 Å². The van der Waals surface area contributed by atoms with Crippen LogP contribution in [0.1, 0.15) is 17.5 Å². The Labute approximate surface area is 144 Å². The first-order valence-electron chi connectivity index (χ1n) is 8.45. The maximum Gasteiger partial charge on any atom is 0.119 e. The summed E-state index contributed by atoms with van der Waals surface area (Å²) >= 11 is 0. The number of hydrogen-bond donors (Lipinski definition) is 1. The fraction of sp³-hybridized carbons (Fsp3) is 0.182. The van der Waals surface area contributed by atoms with E-state index >= 15 is 0 Å². The van der Waals surface area contributed by atoms with Crippen molar-refractivity contribution in [1.29, 1.82) is 0 Å². The quantitative estimate of drug-likeness (QED) is 0.568. The van der Waals surface area contributed by atoms with Crippen LogP contribution in [0.2, 0.25) is 0 Å². The first-order valence-corrected chi connectivity index (χ1v) is 8.45. The Morgan fingerprint density at radius 3 is 1.96 bits per heavy atom. The maximum atomic E-state index is 5.80. The van der Waals surface area contributed by atoms with Gasteiger partial charge in [-0.15, -0.1) is 0 Å². The molecule has 0 radical (unpaired) electrons. The van der Waals surface area contributed by atoms with E-state index in [-0.39, 0.29) is 0 Å². The summed E-state index contributed by atoms with van der Waals surface area (Å²) in [5.41, 5.74) is 3.71. The molecule has 0 spiro atoms. The first kappa shape index (κ1) is 16.1. The summed E-state index contributed by atoms with van der Waals surface area (Å²) in [5.74, 6) is 0.897. The molecule has 0 aliphatic rings. The molecule has 0 unspecified atom stereocenters. The van der Waals surface area contributed by atoms with Crippen LogP contribution >= 0.6 is 0 Å². The third-order valence-corrected chi connectivity index (χ3v) is 3.92. The van der Waals surface area contributed by atoms with Crippen LogP contribution in [0.25, 0.3) is 0 Å². The van der Waals surface area contributed by atoms with Gasteiger partial charge >= 0.3 is 0 Å². The molecular weight excluding hydrogens is 294 g/mol. The Morgan fingerprint density at radius 2 is 1.29 bits per heavy atom. The van der Waals surface area contributed by atoms with Crippen LogP contribution in [-0.4, -0.2) is 6.54 Å². The number of ether oxygens (including phenoxy) is 1. The average molecular weight is 317 g/mol. The van der Waals surface area contributed by atoms with Crippen molar-refractivity contribution < 1.29 is 4.74 Å². The van der Waals surface area contributed by atoms with E-state index in [9.17, 15) is 0 Å². The molecule has 3 aromatic carbocycles. The molecule has 2 heteroatoms. The van der Waals surface area contributed by atoms with Crippen molar-refractivity contribution in [2.45, 2.75) is 19.4 Å². The zero-order valence-corrected chi connectivity index (χ0v) is 13.8. The van der Waals surface area contributed by atoms with E-state index in [0.717, 1.165) is 30.8 Å². The second kappa shape index (κ2) is 8.78. The summed E-state index contributed by atoms with van der Waals surface area (Å²) < 4.78 is 5.80. The molecule has 0 saturated carbocycles. The van der Waals surface area contributed by atoms with E-state index in [4.69, 9.17) is 4.74 Å². The van der Waals surface area contributed by atoms with Gasteiger partial charge in [0.15, 0.2) is 0 Å². The summed E-state index contributed by atoms with van der Waals surface area (Å²) in [5, 5.41) is 3.46. The summed E-state index contributed by atoms with van der Waals surface area (Å²) in [7, 11) is 0. The zero-order chi connectivity index (χ0) is 16.5. The van der Waals surface area contributed by atoms with Crippen molar-refractivity contribution in [2.24, 2.45) is 0 Å². The first-order chi connectivity index (χ1) is 11.9. The Kier molecular flexibility index (Phi) is 5.90. The lowest BCUT2D eigenvalue weighted by Crippen LogP contribution is -2.03.